The molecule has 8 nitrogen and oxygen atoms in total. The summed E-state index contributed by atoms with van der Waals surface area (Å²) in [6, 6.07) is 15.5. The van der Waals surface area contributed by atoms with Crippen LogP contribution in [0.5, 0.6) is 0 Å². The number of hydrogen-bond acceptors (Lipinski definition) is 5. The normalized spacial score (nSPS) is 29.8. The largest absolute Gasteiger partial charge is 0.396 e. The fraction of sp³-hybridized carbons (Fsp3) is 0.367. The van der Waals surface area contributed by atoms with Crippen molar-refractivity contribution < 1.29 is 24.2 Å². The molecule has 0 aliphatic carbocycles. The van der Waals surface area contributed by atoms with Crippen LogP contribution in [0.4, 0.5) is 11.4 Å². The molecule has 39 heavy (non-hydrogen) atoms. The Kier molecular flexibility index (Phi) is 6.79. The van der Waals surface area contributed by atoms with Gasteiger partial charge in [0.2, 0.25) is 11.8 Å². The first-order chi connectivity index (χ1) is 19.0. The zero-order valence-electron chi connectivity index (χ0n) is 21.4. The number of unbranched alkanes of at least 4 members (excludes halogenated alkanes) is 1. The van der Waals surface area contributed by atoms with Crippen molar-refractivity contribution in [2.75, 3.05) is 36.0 Å². The van der Waals surface area contributed by atoms with Crippen molar-refractivity contribution in [3.63, 3.8) is 0 Å². The van der Waals surface area contributed by atoms with Crippen LogP contribution in [0.3, 0.4) is 0 Å². The van der Waals surface area contributed by atoms with E-state index in [0.29, 0.717) is 30.1 Å². The minimum absolute atomic E-state index is 0.0165. The fourth-order valence-corrected chi connectivity index (χ4v) is 6.74. The van der Waals surface area contributed by atoms with Crippen LogP contribution in [-0.4, -0.2) is 71.7 Å². The number of aliphatic hydroxyl groups excluding tert-OH is 1. The van der Waals surface area contributed by atoms with Crippen LogP contribution in [0.15, 0.2) is 78.9 Å². The third-order valence-corrected chi connectivity index (χ3v) is 8.50. The number of hydrogen-bond donors (Lipinski definition) is 1. The lowest BCUT2D eigenvalue weighted by atomic mass is 9.77. The average molecular weight is 548 g/mol. The lowest BCUT2D eigenvalue weighted by Gasteiger charge is -2.35. The Bertz CT molecular complexity index is 1350. The number of likely N-dealkylation sites (tertiary alicyclic amines) is 1. The Hall–Kier alpha value is -3.46. The molecular weight excluding hydrogens is 518 g/mol. The number of aliphatic hydroxyl groups is 1. The Morgan fingerprint density at radius 1 is 0.897 bits per heavy atom. The molecule has 0 aromatic heterocycles. The molecule has 1 spiro atoms. The molecule has 0 bridgehead atoms. The smallest absolute Gasteiger partial charge is 0.253 e. The summed E-state index contributed by atoms with van der Waals surface area (Å²) in [6.45, 7) is 0.874. The van der Waals surface area contributed by atoms with E-state index in [4.69, 9.17) is 16.3 Å². The number of anilines is 2. The first-order valence-electron chi connectivity index (χ1n) is 13.3. The summed E-state index contributed by atoms with van der Waals surface area (Å²) in [5, 5.41) is 9.82. The van der Waals surface area contributed by atoms with Crippen molar-refractivity contribution in [1.29, 1.82) is 0 Å². The zero-order valence-corrected chi connectivity index (χ0v) is 22.1. The van der Waals surface area contributed by atoms with E-state index >= 15 is 0 Å². The molecule has 2 saturated heterocycles. The van der Waals surface area contributed by atoms with E-state index in [1.54, 1.807) is 32.9 Å². The van der Waals surface area contributed by atoms with Gasteiger partial charge in [0.05, 0.1) is 28.6 Å². The van der Waals surface area contributed by atoms with E-state index in [2.05, 4.69) is 0 Å². The van der Waals surface area contributed by atoms with Gasteiger partial charge in [-0.1, -0.05) is 66.2 Å². The summed E-state index contributed by atoms with van der Waals surface area (Å²) in [4.78, 5) is 47.5. The summed E-state index contributed by atoms with van der Waals surface area (Å²) in [6.07, 6.45) is 7.77. The van der Waals surface area contributed by atoms with Gasteiger partial charge in [-0.25, -0.2) is 0 Å². The molecule has 2 aromatic carbocycles. The van der Waals surface area contributed by atoms with Gasteiger partial charge in [0.15, 0.2) is 0 Å². The van der Waals surface area contributed by atoms with Gasteiger partial charge in [0.25, 0.3) is 5.91 Å². The van der Waals surface area contributed by atoms with Crippen molar-refractivity contribution in [2.24, 2.45) is 11.8 Å². The maximum Gasteiger partial charge on any atom is 0.253 e. The maximum atomic E-state index is 14.3. The number of amides is 3. The molecule has 1 unspecified atom stereocenters. The van der Waals surface area contributed by atoms with E-state index in [0.717, 1.165) is 5.69 Å². The number of nitrogens with zero attached hydrogens (tertiary/aromatic N) is 3. The third-order valence-electron chi connectivity index (χ3n) is 8.18. The Balaban J connectivity index is 1.43. The summed E-state index contributed by atoms with van der Waals surface area (Å²) in [7, 11) is 0. The van der Waals surface area contributed by atoms with E-state index in [1.807, 2.05) is 60.7 Å². The molecule has 3 amide bonds. The van der Waals surface area contributed by atoms with Gasteiger partial charge in [-0.05, 0) is 37.1 Å². The second-order valence-electron chi connectivity index (χ2n) is 10.3. The predicted molar refractivity (Wildman–Crippen MR) is 147 cm³/mol. The quantitative estimate of drug-likeness (QED) is 0.443. The fourth-order valence-electron chi connectivity index (χ4n) is 6.50. The first-order valence-corrected chi connectivity index (χ1v) is 13.7. The van der Waals surface area contributed by atoms with Crippen molar-refractivity contribution in [2.45, 2.75) is 30.6 Å². The molecule has 4 aliphatic rings. The second-order valence-corrected chi connectivity index (χ2v) is 10.7. The number of rotatable bonds is 6. The van der Waals surface area contributed by atoms with Gasteiger partial charge in [0.1, 0.15) is 11.6 Å². The molecule has 202 valence electrons. The molecule has 2 aromatic rings. The Labute approximate surface area is 232 Å². The van der Waals surface area contributed by atoms with Gasteiger partial charge in [-0.2, -0.15) is 0 Å². The van der Waals surface area contributed by atoms with Crippen LogP contribution in [-0.2, 0) is 19.1 Å². The van der Waals surface area contributed by atoms with E-state index < -0.39 is 29.6 Å². The van der Waals surface area contributed by atoms with Crippen LogP contribution in [0.25, 0.3) is 0 Å². The van der Waals surface area contributed by atoms with Gasteiger partial charge < -0.3 is 24.5 Å². The van der Waals surface area contributed by atoms with Gasteiger partial charge in [-0.15, -0.1) is 0 Å². The Morgan fingerprint density at radius 2 is 1.64 bits per heavy atom. The first kappa shape index (κ1) is 25.8. The molecule has 6 rings (SSSR count). The third kappa shape index (κ3) is 4.09. The summed E-state index contributed by atoms with van der Waals surface area (Å²) in [5.74, 6) is -2.43. The highest BCUT2D eigenvalue weighted by Crippen LogP contribution is 2.54. The lowest BCUT2D eigenvalue weighted by Crippen LogP contribution is -2.55. The lowest BCUT2D eigenvalue weighted by molar-refractivity contribution is -0.140. The predicted octanol–water partition coefficient (Wildman–Crippen LogP) is 3.20. The van der Waals surface area contributed by atoms with Crippen LogP contribution < -0.4 is 9.80 Å². The second kappa shape index (κ2) is 10.3. The standard InChI is InChI=1S/C30H30ClN3O5/c31-21-12-4-5-13-22(21)33-18-9-15-30-25(28(37)34(16-6-7-19-35)26(30)29(33)38)24-23(39-30)14-8-17-32(27(24)36)20-10-2-1-3-11-20/h1-5,8-15,23-26,35H,6-7,16-19H2/t23-,24+,25-,26?,30-/m0/s1. The molecule has 4 aliphatic heterocycles. The van der Waals surface area contributed by atoms with Crippen molar-refractivity contribution in [3.8, 4) is 0 Å². The van der Waals surface area contributed by atoms with Gasteiger partial charge >= 0.3 is 0 Å². The highest BCUT2D eigenvalue weighted by Gasteiger charge is 2.71. The van der Waals surface area contributed by atoms with Gasteiger partial charge in [-0.3, -0.25) is 14.4 Å². The van der Waals surface area contributed by atoms with Crippen LogP contribution in [0, 0.1) is 11.8 Å². The van der Waals surface area contributed by atoms with E-state index in [9.17, 15) is 19.5 Å². The number of fused-ring (bicyclic) bond motifs is 2. The van der Waals surface area contributed by atoms with Gasteiger partial charge in [0, 0.05) is 31.9 Å². The molecule has 5 atom stereocenters. The highest BCUT2D eigenvalue weighted by molar-refractivity contribution is 6.34. The molecule has 0 radical (unpaired) electrons. The van der Waals surface area contributed by atoms with Crippen molar-refractivity contribution in [1.82, 2.24) is 4.90 Å². The molecule has 0 saturated carbocycles. The summed E-state index contributed by atoms with van der Waals surface area (Å²) in [5.41, 5.74) is -0.0123. The number of carbonyl (C=O) groups excluding carboxylic acids is 3. The van der Waals surface area contributed by atoms with Crippen molar-refractivity contribution in [3.05, 3.63) is 83.9 Å². The SMILES string of the molecule is O=C1[C@@H]2[C@H](C=CCN1c1ccccc1)O[C@]13C=CCN(c4ccccc4Cl)C(=O)C1N(CCCCO)C(=O)[C@H]23. The number of ether oxygens (including phenoxy) is 1. The minimum Gasteiger partial charge on any atom is -0.396 e. The topological polar surface area (TPSA) is 90.4 Å². The monoisotopic (exact) mass is 547 g/mol. The molecule has 2 fully saturated rings. The molecule has 1 N–H and O–H groups in total. The highest BCUT2D eigenvalue weighted by atomic mass is 35.5. The zero-order chi connectivity index (χ0) is 27.1. The molecular formula is C30H30ClN3O5. The number of para-hydroxylation sites is 2. The molecule has 4 heterocycles. The number of carbonyl (C=O) groups is 3. The summed E-state index contributed by atoms with van der Waals surface area (Å²) >= 11 is 6.49. The number of halogens is 1. The average Bonchev–Trinajstić information content (AvgIpc) is 3.25. The van der Waals surface area contributed by atoms with E-state index in [-0.39, 0.29) is 37.4 Å². The molecule has 9 heteroatoms. The van der Waals surface area contributed by atoms with Crippen molar-refractivity contribution >= 4 is 40.7 Å². The Morgan fingerprint density at radius 3 is 2.41 bits per heavy atom. The maximum absolute atomic E-state index is 14.3. The van der Waals surface area contributed by atoms with Crippen LogP contribution in [0.1, 0.15) is 12.8 Å². The summed E-state index contributed by atoms with van der Waals surface area (Å²) < 4.78 is 6.67. The minimum atomic E-state index is -1.31. The van der Waals surface area contributed by atoms with Crippen LogP contribution in [0.2, 0.25) is 5.02 Å². The number of benzene rings is 2. The van der Waals surface area contributed by atoms with E-state index in [1.165, 1.54) is 0 Å². The van der Waals surface area contributed by atoms with Crippen LogP contribution >= 0.6 is 11.6 Å².